The molecule has 0 aliphatic carbocycles. The third-order valence-electron chi connectivity index (χ3n) is 3.54. The van der Waals surface area contributed by atoms with Crippen LogP contribution in [0.1, 0.15) is 60.9 Å². The molecule has 0 radical (unpaired) electrons. The van der Waals surface area contributed by atoms with Crippen LogP contribution >= 0.6 is 11.3 Å². The van der Waals surface area contributed by atoms with Crippen LogP contribution in [-0.2, 0) is 6.42 Å². The van der Waals surface area contributed by atoms with Gasteiger partial charge in [0.05, 0.1) is 6.04 Å². The normalized spacial score (nSPS) is 14.4. The zero-order valence-electron chi connectivity index (χ0n) is 13.6. The molecule has 1 N–H and O–H groups in total. The van der Waals surface area contributed by atoms with Crippen molar-refractivity contribution < 1.29 is 0 Å². The van der Waals surface area contributed by atoms with E-state index in [4.69, 9.17) is 0 Å². The molecule has 2 aromatic rings. The van der Waals surface area contributed by atoms with Crippen molar-refractivity contribution in [1.82, 2.24) is 15.5 Å². The molecule has 0 fully saturated rings. The molecule has 0 spiro atoms. The fraction of sp³-hybridized carbons (Fsp3) is 0.529. The summed E-state index contributed by atoms with van der Waals surface area (Å²) in [4.78, 5) is 0. The van der Waals surface area contributed by atoms with E-state index in [1.807, 2.05) is 6.92 Å². The van der Waals surface area contributed by atoms with Crippen LogP contribution in [0.2, 0.25) is 0 Å². The highest BCUT2D eigenvalue weighted by atomic mass is 32.1. The molecule has 0 bridgehead atoms. The van der Waals surface area contributed by atoms with Gasteiger partial charge in [0.25, 0.3) is 0 Å². The number of rotatable bonds is 6. The minimum Gasteiger partial charge on any atom is -0.301 e. The molecular weight excluding hydrogens is 278 g/mol. The van der Waals surface area contributed by atoms with Gasteiger partial charge < -0.3 is 5.32 Å². The Hall–Kier alpha value is -1.26. The standard InChI is InChI=1S/C17H25N3S/c1-11(2)10-15-6-8-16(9-7-15)12(3)18-13(4)17-20-19-14(5)21-17/h6-9,11-13,18H,10H2,1-5H3/t12-,13-/m0/s1. The third-order valence-corrected chi connectivity index (χ3v) is 4.56. The number of hydrogen-bond donors (Lipinski definition) is 1. The molecule has 0 amide bonds. The molecular formula is C17H25N3S. The van der Waals surface area contributed by atoms with E-state index in [0.717, 1.165) is 16.4 Å². The molecule has 4 heteroatoms. The first-order valence-electron chi connectivity index (χ1n) is 7.60. The van der Waals surface area contributed by atoms with Crippen LogP contribution in [0.25, 0.3) is 0 Å². The Bertz CT molecular complexity index is 560. The highest BCUT2D eigenvalue weighted by Crippen LogP contribution is 2.22. The van der Waals surface area contributed by atoms with E-state index in [1.165, 1.54) is 11.1 Å². The van der Waals surface area contributed by atoms with Gasteiger partial charge in [-0.1, -0.05) is 38.1 Å². The summed E-state index contributed by atoms with van der Waals surface area (Å²) in [5.74, 6) is 0.701. The van der Waals surface area contributed by atoms with Crippen LogP contribution in [0.4, 0.5) is 0 Å². The van der Waals surface area contributed by atoms with Crippen molar-refractivity contribution in [2.75, 3.05) is 0 Å². The lowest BCUT2D eigenvalue weighted by Crippen LogP contribution is -2.22. The molecule has 1 aromatic heterocycles. The van der Waals surface area contributed by atoms with E-state index < -0.39 is 0 Å². The maximum Gasteiger partial charge on any atom is 0.134 e. The second-order valence-corrected chi connectivity index (χ2v) is 7.32. The van der Waals surface area contributed by atoms with Gasteiger partial charge in [-0.15, -0.1) is 21.5 Å². The molecule has 2 rings (SSSR count). The van der Waals surface area contributed by atoms with E-state index in [1.54, 1.807) is 11.3 Å². The van der Waals surface area contributed by atoms with E-state index >= 15 is 0 Å². The van der Waals surface area contributed by atoms with Gasteiger partial charge in [0, 0.05) is 6.04 Å². The fourth-order valence-electron chi connectivity index (χ4n) is 2.44. The number of hydrogen-bond acceptors (Lipinski definition) is 4. The van der Waals surface area contributed by atoms with Crippen molar-refractivity contribution in [2.45, 2.75) is 53.1 Å². The number of aromatic nitrogens is 2. The third kappa shape index (κ3) is 4.61. The molecule has 3 nitrogen and oxygen atoms in total. The molecule has 0 saturated carbocycles. The molecule has 0 saturated heterocycles. The summed E-state index contributed by atoms with van der Waals surface area (Å²) < 4.78 is 0. The van der Waals surface area contributed by atoms with Crippen molar-refractivity contribution in [2.24, 2.45) is 5.92 Å². The average Bonchev–Trinajstić information content (AvgIpc) is 2.85. The SMILES string of the molecule is Cc1nnc([C@H](C)N[C@@H](C)c2ccc(CC(C)C)cc2)s1. The summed E-state index contributed by atoms with van der Waals surface area (Å²) in [6.07, 6.45) is 1.14. The largest absolute Gasteiger partial charge is 0.301 e. The quantitative estimate of drug-likeness (QED) is 0.856. The number of aryl methyl sites for hydroxylation is 1. The topological polar surface area (TPSA) is 37.8 Å². The molecule has 0 aliphatic rings. The maximum absolute atomic E-state index is 4.22. The summed E-state index contributed by atoms with van der Waals surface area (Å²) in [5.41, 5.74) is 2.73. The highest BCUT2D eigenvalue weighted by molar-refractivity contribution is 7.11. The second-order valence-electron chi connectivity index (χ2n) is 6.11. The predicted molar refractivity (Wildman–Crippen MR) is 89.6 cm³/mol. The summed E-state index contributed by atoms with van der Waals surface area (Å²) in [6, 6.07) is 9.47. The van der Waals surface area contributed by atoms with Crippen molar-refractivity contribution >= 4 is 11.3 Å². The van der Waals surface area contributed by atoms with E-state index in [-0.39, 0.29) is 6.04 Å². The lowest BCUT2D eigenvalue weighted by atomic mass is 10.00. The Kier molecular flexibility index (Phi) is 5.48. The Morgan fingerprint density at radius 3 is 2.19 bits per heavy atom. The number of nitrogens with one attached hydrogen (secondary N) is 1. The van der Waals surface area contributed by atoms with Crippen molar-refractivity contribution in [3.63, 3.8) is 0 Å². The highest BCUT2D eigenvalue weighted by Gasteiger charge is 2.14. The second kappa shape index (κ2) is 7.14. The van der Waals surface area contributed by atoms with Crippen LogP contribution in [0.5, 0.6) is 0 Å². The van der Waals surface area contributed by atoms with Gasteiger partial charge in [-0.25, -0.2) is 0 Å². The van der Waals surface area contributed by atoms with Gasteiger partial charge in [0.15, 0.2) is 0 Å². The first-order chi connectivity index (χ1) is 9.95. The van der Waals surface area contributed by atoms with Gasteiger partial charge in [-0.05, 0) is 44.2 Å². The summed E-state index contributed by atoms with van der Waals surface area (Å²) in [5, 5.41) is 14.0. The first-order valence-corrected chi connectivity index (χ1v) is 8.42. The average molecular weight is 303 g/mol. The number of benzene rings is 1. The first kappa shape index (κ1) is 16.1. The maximum atomic E-state index is 4.22. The molecule has 0 unspecified atom stereocenters. The van der Waals surface area contributed by atoms with Crippen LogP contribution in [0.15, 0.2) is 24.3 Å². The lowest BCUT2D eigenvalue weighted by molar-refractivity contribution is 0.490. The van der Waals surface area contributed by atoms with Gasteiger partial charge in [0.1, 0.15) is 10.0 Å². The Morgan fingerprint density at radius 2 is 1.67 bits per heavy atom. The van der Waals surface area contributed by atoms with Crippen LogP contribution in [0, 0.1) is 12.8 Å². The van der Waals surface area contributed by atoms with E-state index in [0.29, 0.717) is 12.0 Å². The molecule has 2 atom stereocenters. The monoisotopic (exact) mass is 303 g/mol. The molecule has 114 valence electrons. The van der Waals surface area contributed by atoms with Gasteiger partial charge in [-0.2, -0.15) is 0 Å². The van der Waals surface area contributed by atoms with Crippen molar-refractivity contribution in [3.8, 4) is 0 Å². The van der Waals surface area contributed by atoms with Crippen molar-refractivity contribution in [1.29, 1.82) is 0 Å². The van der Waals surface area contributed by atoms with E-state index in [9.17, 15) is 0 Å². The van der Waals surface area contributed by atoms with Gasteiger partial charge >= 0.3 is 0 Å². The summed E-state index contributed by atoms with van der Waals surface area (Å²) >= 11 is 1.66. The Balaban J connectivity index is 1.98. The summed E-state index contributed by atoms with van der Waals surface area (Å²) in [7, 11) is 0. The van der Waals surface area contributed by atoms with E-state index in [2.05, 4.69) is 67.5 Å². The van der Waals surface area contributed by atoms with Crippen LogP contribution in [0.3, 0.4) is 0 Å². The smallest absolute Gasteiger partial charge is 0.134 e. The van der Waals surface area contributed by atoms with Gasteiger partial charge in [-0.3, -0.25) is 0 Å². The zero-order valence-corrected chi connectivity index (χ0v) is 14.4. The minimum atomic E-state index is 0.224. The molecule has 21 heavy (non-hydrogen) atoms. The fourth-order valence-corrected chi connectivity index (χ4v) is 3.15. The van der Waals surface area contributed by atoms with Crippen LogP contribution in [-0.4, -0.2) is 10.2 Å². The minimum absolute atomic E-state index is 0.224. The molecule has 1 aromatic carbocycles. The Labute approximate surface area is 131 Å². The van der Waals surface area contributed by atoms with Gasteiger partial charge in [0.2, 0.25) is 0 Å². The lowest BCUT2D eigenvalue weighted by Gasteiger charge is -2.19. The molecule has 1 heterocycles. The Morgan fingerprint density at radius 1 is 1.00 bits per heavy atom. The summed E-state index contributed by atoms with van der Waals surface area (Å²) in [6.45, 7) is 10.8. The van der Waals surface area contributed by atoms with Crippen molar-refractivity contribution in [3.05, 3.63) is 45.4 Å². The number of nitrogens with zero attached hydrogens (tertiary/aromatic N) is 2. The zero-order chi connectivity index (χ0) is 15.4. The predicted octanol–water partition coefficient (Wildman–Crippen LogP) is 4.46. The van der Waals surface area contributed by atoms with Crippen LogP contribution < -0.4 is 5.32 Å². The molecule has 0 aliphatic heterocycles.